The first kappa shape index (κ1) is 12.1. The van der Waals surface area contributed by atoms with Gasteiger partial charge in [-0.2, -0.15) is 0 Å². The van der Waals surface area contributed by atoms with E-state index in [-0.39, 0.29) is 0 Å². The third-order valence-corrected chi connectivity index (χ3v) is 3.50. The quantitative estimate of drug-likeness (QED) is 0.641. The largest absolute Gasteiger partial charge is 0.350 e. The Balaban J connectivity index is 2.28. The van der Waals surface area contributed by atoms with Gasteiger partial charge in [-0.25, -0.2) is 0 Å². The van der Waals surface area contributed by atoms with E-state index in [9.17, 15) is 0 Å². The lowest BCUT2D eigenvalue weighted by Gasteiger charge is -2.04. The Morgan fingerprint density at radius 2 is 1.86 bits per heavy atom. The first-order valence-electron chi connectivity index (χ1n) is 4.59. The topological polar surface area (TPSA) is 40.5 Å². The van der Waals surface area contributed by atoms with E-state index in [1.165, 1.54) is 5.56 Å². The molecule has 1 rings (SSSR count). The van der Waals surface area contributed by atoms with Gasteiger partial charge in [-0.3, -0.25) is 0 Å². The van der Waals surface area contributed by atoms with Crippen molar-refractivity contribution < 1.29 is 9.79 Å². The summed E-state index contributed by atoms with van der Waals surface area (Å²) in [4.78, 5) is 17.4. The van der Waals surface area contributed by atoms with Crippen LogP contribution in [0, 0.1) is 0 Å². The smallest absolute Gasteiger partial charge is 0.164 e. The minimum absolute atomic E-state index is 0.528. The first-order chi connectivity index (χ1) is 6.70. The third kappa shape index (κ3) is 4.52. The van der Waals surface area contributed by atoms with Crippen LogP contribution in [0.4, 0.5) is 0 Å². The maximum absolute atomic E-state index is 8.72. The Kier molecular flexibility index (Phi) is 5.64. The molecule has 2 nitrogen and oxygen atoms in total. The third-order valence-electron chi connectivity index (χ3n) is 2.01. The molecule has 0 heterocycles. The number of benzene rings is 1. The van der Waals surface area contributed by atoms with Crippen LogP contribution in [0.3, 0.4) is 0 Å². The fraction of sp³-hybridized carbons (Fsp3) is 0.400. The highest BCUT2D eigenvalue weighted by atomic mass is 79.9. The molecule has 0 aliphatic carbocycles. The Bertz CT molecular complexity index is 279. The second-order valence-electron chi connectivity index (χ2n) is 3.14. The molecule has 0 aliphatic rings. The van der Waals surface area contributed by atoms with Gasteiger partial charge in [-0.1, -0.05) is 34.1 Å². The van der Waals surface area contributed by atoms with Crippen LogP contribution < -0.4 is 0 Å². The summed E-state index contributed by atoms with van der Waals surface area (Å²) in [5, 5.41) is 0. The van der Waals surface area contributed by atoms with Crippen molar-refractivity contribution in [2.45, 2.75) is 19.3 Å². The van der Waals surface area contributed by atoms with Crippen LogP contribution in [-0.4, -0.2) is 15.9 Å². The highest BCUT2D eigenvalue weighted by Crippen LogP contribution is 2.25. The highest BCUT2D eigenvalue weighted by molar-refractivity contribution is 9.10. The van der Waals surface area contributed by atoms with Crippen molar-refractivity contribution in [3.05, 3.63) is 34.3 Å². The molecule has 0 radical (unpaired) electrons. The standard InChI is InChI=1S/C10H14BrO2P/c11-10-7-2-1-5-9(10)6-3-4-8-14(12)13/h1-2,5,7,12-13H,3-4,6,8H2. The normalized spacial score (nSPS) is 10.9. The van der Waals surface area contributed by atoms with Crippen LogP contribution in [0.5, 0.6) is 0 Å². The van der Waals surface area contributed by atoms with Gasteiger partial charge in [0, 0.05) is 10.6 Å². The van der Waals surface area contributed by atoms with Gasteiger partial charge in [0.05, 0.1) is 0 Å². The number of hydrogen-bond acceptors (Lipinski definition) is 2. The van der Waals surface area contributed by atoms with Gasteiger partial charge in [-0.05, 0) is 30.9 Å². The van der Waals surface area contributed by atoms with E-state index in [1.54, 1.807) is 0 Å². The Hall–Kier alpha value is 0.0500. The molecule has 2 N–H and O–H groups in total. The molecule has 0 amide bonds. The zero-order valence-corrected chi connectivity index (χ0v) is 10.3. The van der Waals surface area contributed by atoms with Gasteiger partial charge in [0.15, 0.2) is 8.38 Å². The maximum atomic E-state index is 8.72. The average molecular weight is 277 g/mol. The summed E-state index contributed by atoms with van der Waals surface area (Å²) >= 11 is 3.48. The van der Waals surface area contributed by atoms with E-state index in [0.717, 1.165) is 23.7 Å². The fourth-order valence-corrected chi connectivity index (χ4v) is 2.26. The lowest BCUT2D eigenvalue weighted by molar-refractivity contribution is 0.479. The van der Waals surface area contributed by atoms with Crippen LogP contribution in [0.1, 0.15) is 18.4 Å². The predicted molar refractivity (Wildman–Crippen MR) is 63.3 cm³/mol. The summed E-state index contributed by atoms with van der Waals surface area (Å²) in [5.74, 6) is 0. The molecule has 4 heteroatoms. The molecular formula is C10H14BrO2P. The van der Waals surface area contributed by atoms with Crippen LogP contribution in [-0.2, 0) is 6.42 Å². The van der Waals surface area contributed by atoms with E-state index in [1.807, 2.05) is 18.2 Å². The molecule has 0 saturated heterocycles. The summed E-state index contributed by atoms with van der Waals surface area (Å²) in [6, 6.07) is 8.13. The second kappa shape index (κ2) is 6.52. The van der Waals surface area contributed by atoms with Crippen molar-refractivity contribution in [3.63, 3.8) is 0 Å². The van der Waals surface area contributed by atoms with Gasteiger partial charge in [-0.15, -0.1) is 0 Å². The zero-order valence-electron chi connectivity index (χ0n) is 7.86. The number of hydrogen-bond donors (Lipinski definition) is 2. The van der Waals surface area contributed by atoms with E-state index in [4.69, 9.17) is 9.79 Å². The Morgan fingerprint density at radius 1 is 1.14 bits per heavy atom. The minimum atomic E-state index is -1.70. The monoisotopic (exact) mass is 276 g/mol. The van der Waals surface area contributed by atoms with E-state index < -0.39 is 8.38 Å². The Labute approximate surface area is 94.0 Å². The lowest BCUT2D eigenvalue weighted by atomic mass is 10.1. The number of aryl methyl sites for hydroxylation is 1. The van der Waals surface area contributed by atoms with Gasteiger partial charge in [0.25, 0.3) is 0 Å². The highest BCUT2D eigenvalue weighted by Gasteiger charge is 2.00. The Morgan fingerprint density at radius 3 is 2.50 bits per heavy atom. The van der Waals surface area contributed by atoms with E-state index >= 15 is 0 Å². The van der Waals surface area contributed by atoms with Crippen molar-refractivity contribution in [2.24, 2.45) is 0 Å². The van der Waals surface area contributed by atoms with Crippen molar-refractivity contribution in [2.75, 3.05) is 6.16 Å². The molecule has 0 bridgehead atoms. The van der Waals surface area contributed by atoms with Crippen LogP contribution in [0.25, 0.3) is 0 Å². The summed E-state index contributed by atoms with van der Waals surface area (Å²) in [6.45, 7) is 0. The van der Waals surface area contributed by atoms with Crippen molar-refractivity contribution in [1.82, 2.24) is 0 Å². The van der Waals surface area contributed by atoms with Crippen molar-refractivity contribution in [3.8, 4) is 0 Å². The second-order valence-corrected chi connectivity index (χ2v) is 5.19. The fourth-order valence-electron chi connectivity index (χ4n) is 1.27. The zero-order chi connectivity index (χ0) is 10.4. The molecule has 0 spiro atoms. The van der Waals surface area contributed by atoms with Crippen molar-refractivity contribution >= 4 is 24.3 Å². The predicted octanol–water partition coefficient (Wildman–Crippen LogP) is 3.07. The van der Waals surface area contributed by atoms with Gasteiger partial charge in [0.1, 0.15) is 0 Å². The lowest BCUT2D eigenvalue weighted by Crippen LogP contribution is -1.89. The SMILES string of the molecule is OP(O)CCCCc1ccccc1Br. The summed E-state index contributed by atoms with van der Waals surface area (Å²) in [7, 11) is -1.70. The van der Waals surface area contributed by atoms with Gasteiger partial charge in [0.2, 0.25) is 0 Å². The average Bonchev–Trinajstić information content (AvgIpc) is 2.15. The van der Waals surface area contributed by atoms with Crippen LogP contribution in [0.2, 0.25) is 0 Å². The number of halogens is 1. The molecule has 0 atom stereocenters. The number of rotatable bonds is 5. The van der Waals surface area contributed by atoms with Gasteiger partial charge < -0.3 is 9.79 Å². The summed E-state index contributed by atoms with van der Waals surface area (Å²) < 4.78 is 1.13. The maximum Gasteiger partial charge on any atom is 0.164 e. The summed E-state index contributed by atoms with van der Waals surface area (Å²) in [5.41, 5.74) is 1.28. The van der Waals surface area contributed by atoms with E-state index in [2.05, 4.69) is 22.0 Å². The van der Waals surface area contributed by atoms with Gasteiger partial charge >= 0.3 is 0 Å². The van der Waals surface area contributed by atoms with Crippen LogP contribution >= 0.6 is 24.3 Å². The van der Waals surface area contributed by atoms with Crippen molar-refractivity contribution in [1.29, 1.82) is 0 Å². The molecule has 1 aromatic carbocycles. The summed E-state index contributed by atoms with van der Waals surface area (Å²) in [6.07, 6.45) is 3.40. The molecule has 0 saturated carbocycles. The van der Waals surface area contributed by atoms with E-state index in [0.29, 0.717) is 6.16 Å². The molecule has 0 aromatic heterocycles. The molecule has 0 unspecified atom stereocenters. The first-order valence-corrected chi connectivity index (χ1v) is 6.81. The minimum Gasteiger partial charge on any atom is -0.350 e. The number of unbranched alkanes of at least 4 members (excludes halogenated alkanes) is 1. The molecule has 78 valence electrons. The molecule has 1 aromatic rings. The molecule has 0 aliphatic heterocycles. The van der Waals surface area contributed by atoms with Crippen LogP contribution in [0.15, 0.2) is 28.7 Å². The molecular weight excluding hydrogens is 263 g/mol. The molecule has 0 fully saturated rings. The molecule has 14 heavy (non-hydrogen) atoms.